The second-order valence-corrected chi connectivity index (χ2v) is 6.96. The summed E-state index contributed by atoms with van der Waals surface area (Å²) >= 11 is 0. The number of benzene rings is 2. The van der Waals surface area contributed by atoms with Crippen molar-refractivity contribution in [3.8, 4) is 16.9 Å². The van der Waals surface area contributed by atoms with E-state index in [0.717, 1.165) is 12.8 Å². The second-order valence-electron chi connectivity index (χ2n) is 6.96. The molecular weight excluding hydrogens is 362 g/mol. The molecule has 0 aliphatic rings. The smallest absolute Gasteiger partial charge is 0.387 e. The van der Waals surface area contributed by atoms with Gasteiger partial charge in [0.05, 0.1) is 5.56 Å². The number of aryl methyl sites for hydroxylation is 1. The minimum absolute atomic E-state index is 0.0536. The van der Waals surface area contributed by atoms with Crippen LogP contribution in [0.2, 0.25) is 0 Å². The second kappa shape index (κ2) is 11.4. The van der Waals surface area contributed by atoms with Crippen LogP contribution in [-0.4, -0.2) is 17.7 Å². The highest BCUT2D eigenvalue weighted by Crippen LogP contribution is 2.29. The Morgan fingerprint density at radius 3 is 2.21 bits per heavy atom. The van der Waals surface area contributed by atoms with Gasteiger partial charge in [0.2, 0.25) is 0 Å². The molecule has 152 valence electrons. The lowest BCUT2D eigenvalue weighted by Gasteiger charge is -2.11. The number of halogens is 2. The molecule has 2 aromatic carbocycles. The number of rotatable bonds is 12. The quantitative estimate of drug-likeness (QED) is 0.399. The maximum Gasteiger partial charge on any atom is 0.387 e. The molecule has 0 heterocycles. The molecule has 0 aliphatic heterocycles. The fourth-order valence-corrected chi connectivity index (χ4v) is 3.26. The maximum atomic E-state index is 12.5. The first kappa shape index (κ1) is 21.9. The number of carboxylic acid groups (broad SMARTS) is 1. The average Bonchev–Trinajstić information content (AvgIpc) is 2.67. The molecule has 0 bridgehead atoms. The van der Waals surface area contributed by atoms with E-state index < -0.39 is 12.6 Å². The first-order valence-corrected chi connectivity index (χ1v) is 9.92. The van der Waals surface area contributed by atoms with E-state index in [1.165, 1.54) is 62.3 Å². The number of carbonyl (C=O) groups is 1. The average molecular weight is 390 g/mol. The fourth-order valence-electron chi connectivity index (χ4n) is 3.26. The largest absolute Gasteiger partial charge is 0.478 e. The monoisotopic (exact) mass is 390 g/mol. The Labute approximate surface area is 165 Å². The summed E-state index contributed by atoms with van der Waals surface area (Å²) in [5.74, 6) is -1.16. The standard InChI is InChI=1S/C23H28F2O3/c1-2-3-4-5-6-7-8-9-17-10-12-18(13-11-17)21-16-19(28-23(24)25)14-15-20(21)22(26)27/h10-16,23H,2-9H2,1H3,(H,26,27). The van der Waals surface area contributed by atoms with Crippen molar-refractivity contribution in [1.82, 2.24) is 0 Å². The predicted molar refractivity (Wildman–Crippen MR) is 107 cm³/mol. The van der Waals surface area contributed by atoms with E-state index in [1.807, 2.05) is 24.3 Å². The Balaban J connectivity index is 2.00. The molecule has 0 saturated carbocycles. The van der Waals surface area contributed by atoms with E-state index in [9.17, 15) is 18.7 Å². The van der Waals surface area contributed by atoms with Gasteiger partial charge in [-0.3, -0.25) is 0 Å². The van der Waals surface area contributed by atoms with Gasteiger partial charge >= 0.3 is 12.6 Å². The fraction of sp³-hybridized carbons (Fsp3) is 0.435. The SMILES string of the molecule is CCCCCCCCCc1ccc(-c2cc(OC(F)F)ccc2C(=O)O)cc1. The van der Waals surface area contributed by atoms with Gasteiger partial charge in [0.1, 0.15) is 5.75 Å². The summed E-state index contributed by atoms with van der Waals surface area (Å²) in [6.07, 6.45) is 9.75. The van der Waals surface area contributed by atoms with Crippen LogP contribution >= 0.6 is 0 Å². The zero-order chi connectivity index (χ0) is 20.4. The highest BCUT2D eigenvalue weighted by molar-refractivity contribution is 5.96. The van der Waals surface area contributed by atoms with E-state index in [0.29, 0.717) is 11.1 Å². The Kier molecular flexibility index (Phi) is 8.92. The van der Waals surface area contributed by atoms with Gasteiger partial charge in [0.25, 0.3) is 0 Å². The van der Waals surface area contributed by atoms with Crippen molar-refractivity contribution in [3.05, 3.63) is 53.6 Å². The lowest BCUT2D eigenvalue weighted by Crippen LogP contribution is -2.04. The molecule has 0 spiro atoms. The molecule has 0 aliphatic carbocycles. The van der Waals surface area contributed by atoms with Crippen LogP contribution in [0.5, 0.6) is 5.75 Å². The van der Waals surface area contributed by atoms with Gasteiger partial charge in [-0.2, -0.15) is 8.78 Å². The van der Waals surface area contributed by atoms with Crippen LogP contribution in [0.1, 0.15) is 67.8 Å². The van der Waals surface area contributed by atoms with Crippen molar-refractivity contribution in [3.63, 3.8) is 0 Å². The van der Waals surface area contributed by atoms with Crippen molar-refractivity contribution in [2.24, 2.45) is 0 Å². The lowest BCUT2D eigenvalue weighted by molar-refractivity contribution is -0.0498. The topological polar surface area (TPSA) is 46.5 Å². The molecule has 0 saturated heterocycles. The normalized spacial score (nSPS) is 11.0. The molecule has 2 aromatic rings. The van der Waals surface area contributed by atoms with Crippen molar-refractivity contribution < 1.29 is 23.4 Å². The van der Waals surface area contributed by atoms with Gasteiger partial charge in [0.15, 0.2) is 0 Å². The van der Waals surface area contributed by atoms with Crippen LogP contribution in [0.4, 0.5) is 8.78 Å². The number of aromatic carboxylic acids is 1. The van der Waals surface area contributed by atoms with Crippen molar-refractivity contribution in [2.75, 3.05) is 0 Å². The zero-order valence-electron chi connectivity index (χ0n) is 16.3. The molecular formula is C23H28F2O3. The van der Waals surface area contributed by atoms with Crippen molar-refractivity contribution in [1.29, 1.82) is 0 Å². The molecule has 0 atom stereocenters. The van der Waals surface area contributed by atoms with Crippen LogP contribution in [0.15, 0.2) is 42.5 Å². The Morgan fingerprint density at radius 1 is 0.964 bits per heavy atom. The number of hydrogen-bond donors (Lipinski definition) is 1. The van der Waals surface area contributed by atoms with Gasteiger partial charge in [-0.15, -0.1) is 0 Å². The van der Waals surface area contributed by atoms with E-state index in [4.69, 9.17) is 0 Å². The van der Waals surface area contributed by atoms with Gasteiger partial charge in [-0.1, -0.05) is 69.7 Å². The third-order valence-electron chi connectivity index (χ3n) is 4.78. The number of hydrogen-bond acceptors (Lipinski definition) is 2. The Hall–Kier alpha value is -2.43. The summed E-state index contributed by atoms with van der Waals surface area (Å²) in [4.78, 5) is 11.5. The number of alkyl halides is 2. The molecule has 0 unspecified atom stereocenters. The summed E-state index contributed by atoms with van der Waals surface area (Å²) < 4.78 is 29.3. The molecule has 28 heavy (non-hydrogen) atoms. The summed E-state index contributed by atoms with van der Waals surface area (Å²) in [6, 6.07) is 11.5. The van der Waals surface area contributed by atoms with Crippen LogP contribution in [0.3, 0.4) is 0 Å². The minimum atomic E-state index is -2.95. The molecule has 0 amide bonds. The summed E-state index contributed by atoms with van der Waals surface area (Å²) in [5.41, 5.74) is 2.28. The minimum Gasteiger partial charge on any atom is -0.478 e. The zero-order valence-corrected chi connectivity index (χ0v) is 16.3. The third-order valence-corrected chi connectivity index (χ3v) is 4.78. The molecule has 2 rings (SSSR count). The number of carboxylic acids is 1. The molecule has 5 heteroatoms. The van der Waals surface area contributed by atoms with Crippen LogP contribution < -0.4 is 4.74 Å². The number of unbranched alkanes of at least 4 members (excludes halogenated alkanes) is 6. The lowest BCUT2D eigenvalue weighted by atomic mass is 9.97. The first-order chi connectivity index (χ1) is 13.5. The molecule has 0 fully saturated rings. The van der Waals surface area contributed by atoms with Crippen LogP contribution in [0, 0.1) is 0 Å². The Morgan fingerprint density at radius 2 is 1.61 bits per heavy atom. The van der Waals surface area contributed by atoms with Crippen LogP contribution in [-0.2, 0) is 6.42 Å². The predicted octanol–water partition coefficient (Wildman–Crippen LogP) is 6.95. The van der Waals surface area contributed by atoms with Gasteiger partial charge in [0, 0.05) is 0 Å². The van der Waals surface area contributed by atoms with E-state index >= 15 is 0 Å². The molecule has 0 aromatic heterocycles. The Bertz CT molecular complexity index is 742. The van der Waals surface area contributed by atoms with Crippen LogP contribution in [0.25, 0.3) is 11.1 Å². The molecule has 1 N–H and O–H groups in total. The molecule has 0 radical (unpaired) electrons. The van der Waals surface area contributed by atoms with Gasteiger partial charge < -0.3 is 9.84 Å². The number of ether oxygens (including phenoxy) is 1. The van der Waals surface area contributed by atoms with E-state index in [2.05, 4.69) is 11.7 Å². The first-order valence-electron chi connectivity index (χ1n) is 9.92. The van der Waals surface area contributed by atoms with Crippen molar-refractivity contribution in [2.45, 2.75) is 64.9 Å². The van der Waals surface area contributed by atoms with Gasteiger partial charge in [-0.05, 0) is 47.7 Å². The summed E-state index contributed by atoms with van der Waals surface area (Å²) in [7, 11) is 0. The summed E-state index contributed by atoms with van der Waals surface area (Å²) in [6.45, 7) is -0.738. The van der Waals surface area contributed by atoms with E-state index in [1.54, 1.807) is 0 Å². The molecule has 3 nitrogen and oxygen atoms in total. The van der Waals surface area contributed by atoms with Crippen molar-refractivity contribution >= 4 is 5.97 Å². The highest BCUT2D eigenvalue weighted by Gasteiger charge is 2.14. The maximum absolute atomic E-state index is 12.5. The third kappa shape index (κ3) is 6.95. The van der Waals surface area contributed by atoms with E-state index in [-0.39, 0.29) is 11.3 Å². The van der Waals surface area contributed by atoms with Gasteiger partial charge in [-0.25, -0.2) is 4.79 Å². The highest BCUT2D eigenvalue weighted by atomic mass is 19.3. The summed E-state index contributed by atoms with van der Waals surface area (Å²) in [5, 5.41) is 9.39.